The minimum Gasteiger partial charge on any atom is -0.480 e. The van der Waals surface area contributed by atoms with Crippen molar-refractivity contribution in [2.75, 3.05) is 18.9 Å². The van der Waals surface area contributed by atoms with Gasteiger partial charge in [-0.1, -0.05) is 0 Å². The second-order valence-corrected chi connectivity index (χ2v) is 7.59. The predicted octanol–water partition coefficient (Wildman–Crippen LogP) is -4.21. The molecule has 12 N–H and O–H groups in total. The number of aliphatic carboxylic acids is 1. The highest BCUT2D eigenvalue weighted by molar-refractivity contribution is 7.80. The summed E-state index contributed by atoms with van der Waals surface area (Å²) in [6.07, 6.45) is 3.15. The average molecular weight is 502 g/mol. The van der Waals surface area contributed by atoms with E-state index in [0.29, 0.717) is 12.1 Å². The first-order chi connectivity index (χ1) is 16.1. The van der Waals surface area contributed by atoms with E-state index in [0.717, 1.165) is 0 Å². The Bertz CT molecular complexity index is 847. The summed E-state index contributed by atoms with van der Waals surface area (Å²) in [6, 6.07) is -4.90. The van der Waals surface area contributed by atoms with Gasteiger partial charge in [-0.05, 0) is 12.8 Å². The number of H-pyrrole nitrogens is 1. The number of hydrogen-bond acceptors (Lipinski definition) is 9. The Morgan fingerprint density at radius 1 is 1.09 bits per heavy atom. The van der Waals surface area contributed by atoms with Crippen LogP contribution in [0.1, 0.15) is 18.5 Å². The van der Waals surface area contributed by atoms with Gasteiger partial charge in [0.25, 0.3) is 0 Å². The quantitative estimate of drug-likeness (QED) is 0.0479. The van der Waals surface area contributed by atoms with Crippen molar-refractivity contribution in [1.29, 1.82) is 0 Å². The van der Waals surface area contributed by atoms with Crippen molar-refractivity contribution < 1.29 is 29.4 Å². The van der Waals surface area contributed by atoms with Crippen LogP contribution in [0.25, 0.3) is 0 Å². The van der Waals surface area contributed by atoms with E-state index in [4.69, 9.17) is 22.3 Å². The van der Waals surface area contributed by atoms with Crippen LogP contribution in [0.2, 0.25) is 0 Å². The Labute approximate surface area is 200 Å². The number of imidazole rings is 1. The van der Waals surface area contributed by atoms with Crippen LogP contribution in [0.3, 0.4) is 0 Å². The van der Waals surface area contributed by atoms with Gasteiger partial charge in [0.1, 0.15) is 24.2 Å². The molecule has 0 spiro atoms. The van der Waals surface area contributed by atoms with Crippen LogP contribution >= 0.6 is 12.6 Å². The number of amides is 3. The van der Waals surface area contributed by atoms with Gasteiger partial charge in [0.15, 0.2) is 5.96 Å². The van der Waals surface area contributed by atoms with Gasteiger partial charge >= 0.3 is 5.97 Å². The minimum atomic E-state index is -1.29. The lowest BCUT2D eigenvalue weighted by molar-refractivity contribution is -0.141. The lowest BCUT2D eigenvalue weighted by Crippen LogP contribution is -2.58. The van der Waals surface area contributed by atoms with Gasteiger partial charge in [-0.3, -0.25) is 19.4 Å². The number of aromatic amines is 1. The highest BCUT2D eigenvalue weighted by atomic mass is 32.1. The zero-order valence-electron chi connectivity index (χ0n) is 18.3. The lowest BCUT2D eigenvalue weighted by Gasteiger charge is -2.24. The third kappa shape index (κ3) is 10.1. The van der Waals surface area contributed by atoms with Gasteiger partial charge in [-0.25, -0.2) is 9.78 Å². The van der Waals surface area contributed by atoms with Crippen LogP contribution in [0.5, 0.6) is 0 Å². The average Bonchev–Trinajstić information content (AvgIpc) is 3.30. The van der Waals surface area contributed by atoms with E-state index in [-0.39, 0.29) is 31.1 Å². The van der Waals surface area contributed by atoms with E-state index in [2.05, 4.69) is 43.5 Å². The molecule has 4 atom stereocenters. The summed E-state index contributed by atoms with van der Waals surface area (Å²) in [4.78, 5) is 59.7. The third-order valence-corrected chi connectivity index (χ3v) is 4.89. The molecule has 0 saturated carbocycles. The summed E-state index contributed by atoms with van der Waals surface area (Å²) in [5, 5.41) is 25.5. The Hall–Kier alpha value is -3.37. The van der Waals surface area contributed by atoms with Crippen molar-refractivity contribution in [1.82, 2.24) is 25.9 Å². The number of nitrogens with one attached hydrogen (secondary N) is 4. The molecule has 1 aromatic heterocycles. The topological polar surface area (TPSA) is 264 Å². The Morgan fingerprint density at radius 3 is 2.24 bits per heavy atom. The normalized spacial score (nSPS) is 14.2. The molecule has 4 unspecified atom stereocenters. The van der Waals surface area contributed by atoms with Crippen molar-refractivity contribution in [2.45, 2.75) is 43.4 Å². The molecule has 190 valence electrons. The first kappa shape index (κ1) is 28.7. The summed E-state index contributed by atoms with van der Waals surface area (Å²) < 4.78 is 0. The number of hydrogen-bond donors (Lipinski definition) is 10. The fourth-order valence-electron chi connectivity index (χ4n) is 2.69. The zero-order chi connectivity index (χ0) is 25.7. The molecule has 0 aliphatic rings. The molecule has 1 heterocycles. The fraction of sp³-hybridized carbons (Fsp3) is 0.556. The van der Waals surface area contributed by atoms with Crippen LogP contribution in [0.15, 0.2) is 17.5 Å². The minimum absolute atomic E-state index is 0.0404. The maximum absolute atomic E-state index is 13.0. The number of carbonyl (C=O) groups is 4. The van der Waals surface area contributed by atoms with E-state index in [1.165, 1.54) is 12.5 Å². The molecule has 3 amide bonds. The van der Waals surface area contributed by atoms with Gasteiger partial charge < -0.3 is 48.3 Å². The van der Waals surface area contributed by atoms with E-state index < -0.39 is 54.5 Å². The number of aromatic nitrogens is 2. The molecular formula is C18H31N9O6S. The number of carboxylic acid groups (broad SMARTS) is 1. The van der Waals surface area contributed by atoms with Crippen LogP contribution < -0.4 is 33.2 Å². The van der Waals surface area contributed by atoms with Crippen LogP contribution in [-0.4, -0.2) is 92.9 Å². The van der Waals surface area contributed by atoms with Crippen molar-refractivity contribution in [3.05, 3.63) is 18.2 Å². The number of guanidine groups is 1. The second-order valence-electron chi connectivity index (χ2n) is 7.22. The summed E-state index contributed by atoms with van der Waals surface area (Å²) in [5.74, 6) is -3.89. The molecule has 0 fully saturated rings. The summed E-state index contributed by atoms with van der Waals surface area (Å²) in [7, 11) is 0. The molecular weight excluding hydrogens is 470 g/mol. The molecule has 0 aliphatic carbocycles. The molecule has 0 bridgehead atoms. The molecule has 34 heavy (non-hydrogen) atoms. The van der Waals surface area contributed by atoms with Gasteiger partial charge in [0.05, 0.1) is 12.9 Å². The third-order valence-electron chi connectivity index (χ3n) is 4.52. The SMILES string of the molecule is NC(N)=NCCCC(NC(=O)C(N)CO)C(=O)NC(Cc1cnc[nH]1)C(=O)NC(CS)C(=O)O. The van der Waals surface area contributed by atoms with E-state index in [1.807, 2.05) is 0 Å². The van der Waals surface area contributed by atoms with Crippen molar-refractivity contribution >= 4 is 42.3 Å². The number of aliphatic hydroxyl groups excluding tert-OH is 1. The van der Waals surface area contributed by atoms with Gasteiger partial charge in [0, 0.05) is 30.6 Å². The Morgan fingerprint density at radius 2 is 1.71 bits per heavy atom. The lowest BCUT2D eigenvalue weighted by atomic mass is 10.1. The Balaban J connectivity index is 3.02. The van der Waals surface area contributed by atoms with E-state index >= 15 is 0 Å². The number of aliphatic imine (C=N–C) groups is 1. The number of thiol groups is 1. The number of carboxylic acids is 1. The number of nitrogens with two attached hydrogens (primary N) is 3. The standard InChI is InChI=1S/C18H31N9O6S/c19-10(6-28)14(29)25-11(2-1-3-23-18(20)21)15(30)26-12(4-9-5-22-8-24-9)16(31)27-13(7-34)17(32)33/h5,8,10-13,28,34H,1-4,6-7,19H2,(H,22,24)(H,25,29)(H,26,30)(H,27,31)(H,32,33)(H4,20,21,23). The van der Waals surface area contributed by atoms with Crippen LogP contribution in [0, 0.1) is 0 Å². The fourth-order valence-corrected chi connectivity index (χ4v) is 2.94. The maximum atomic E-state index is 13.0. The van der Waals surface area contributed by atoms with E-state index in [9.17, 15) is 24.3 Å². The number of rotatable bonds is 15. The van der Waals surface area contributed by atoms with Crippen LogP contribution in [-0.2, 0) is 25.6 Å². The molecule has 0 radical (unpaired) electrons. The van der Waals surface area contributed by atoms with Crippen molar-refractivity contribution in [3.63, 3.8) is 0 Å². The first-order valence-electron chi connectivity index (χ1n) is 10.2. The maximum Gasteiger partial charge on any atom is 0.327 e. The molecule has 15 nitrogen and oxygen atoms in total. The van der Waals surface area contributed by atoms with E-state index in [1.54, 1.807) is 0 Å². The smallest absolute Gasteiger partial charge is 0.327 e. The van der Waals surface area contributed by atoms with Gasteiger partial charge in [-0.15, -0.1) is 0 Å². The largest absolute Gasteiger partial charge is 0.480 e. The number of aliphatic hydroxyl groups is 1. The summed E-state index contributed by atoms with van der Waals surface area (Å²) in [6.45, 7) is -0.465. The van der Waals surface area contributed by atoms with Crippen molar-refractivity contribution in [2.24, 2.45) is 22.2 Å². The molecule has 0 saturated heterocycles. The first-order valence-corrected chi connectivity index (χ1v) is 10.9. The molecule has 1 rings (SSSR count). The molecule has 1 aromatic rings. The monoisotopic (exact) mass is 501 g/mol. The van der Waals surface area contributed by atoms with Gasteiger partial charge in [0.2, 0.25) is 17.7 Å². The predicted molar refractivity (Wildman–Crippen MR) is 125 cm³/mol. The van der Waals surface area contributed by atoms with Crippen LogP contribution in [0.4, 0.5) is 0 Å². The number of nitrogens with zero attached hydrogens (tertiary/aromatic N) is 2. The Kier molecular flexibility index (Phi) is 12.4. The molecule has 0 aliphatic heterocycles. The molecule has 0 aromatic carbocycles. The highest BCUT2D eigenvalue weighted by Gasteiger charge is 2.30. The second kappa shape index (κ2) is 14.7. The summed E-state index contributed by atoms with van der Waals surface area (Å²) >= 11 is 3.91. The highest BCUT2D eigenvalue weighted by Crippen LogP contribution is 2.04. The number of carbonyl (C=O) groups excluding carboxylic acids is 3. The van der Waals surface area contributed by atoms with Crippen molar-refractivity contribution in [3.8, 4) is 0 Å². The summed E-state index contributed by atoms with van der Waals surface area (Å²) in [5.41, 5.74) is 16.6. The zero-order valence-corrected chi connectivity index (χ0v) is 19.2. The molecule has 16 heteroatoms. The van der Waals surface area contributed by atoms with Gasteiger partial charge in [-0.2, -0.15) is 12.6 Å².